The van der Waals surface area contributed by atoms with E-state index in [4.69, 9.17) is 16.3 Å². The molecule has 0 fully saturated rings. The van der Waals surface area contributed by atoms with Gasteiger partial charge in [-0.05, 0) is 56.2 Å². The van der Waals surface area contributed by atoms with Gasteiger partial charge in [0.1, 0.15) is 5.54 Å². The summed E-state index contributed by atoms with van der Waals surface area (Å²) in [6, 6.07) is 14.9. The van der Waals surface area contributed by atoms with E-state index in [2.05, 4.69) is 5.32 Å². The van der Waals surface area contributed by atoms with E-state index in [1.807, 2.05) is 50.2 Å². The van der Waals surface area contributed by atoms with E-state index in [0.717, 1.165) is 16.9 Å². The average Bonchev–Trinajstić information content (AvgIpc) is 2.67. The first kappa shape index (κ1) is 20.0. The number of hydrogen-bond donors (Lipinski definition) is 1. The third-order valence-electron chi connectivity index (χ3n) is 4.47. The first-order chi connectivity index (χ1) is 13.4. The molecule has 0 atom stereocenters. The molecule has 0 saturated carbocycles. The van der Waals surface area contributed by atoms with Crippen LogP contribution in [0.4, 0.5) is 11.4 Å². The molecule has 0 aliphatic carbocycles. The molecule has 5 nitrogen and oxygen atoms in total. The van der Waals surface area contributed by atoms with Crippen molar-refractivity contribution in [2.75, 3.05) is 23.4 Å². The maximum absolute atomic E-state index is 12.8. The summed E-state index contributed by atoms with van der Waals surface area (Å²) in [6.07, 6.45) is 3.62. The van der Waals surface area contributed by atoms with Crippen LogP contribution < -0.4 is 10.2 Å². The summed E-state index contributed by atoms with van der Waals surface area (Å²) >= 11 is 5.83. The monoisotopic (exact) mass is 398 g/mol. The lowest BCUT2D eigenvalue weighted by atomic mass is 9.98. The van der Waals surface area contributed by atoms with E-state index in [0.29, 0.717) is 18.0 Å². The second kappa shape index (κ2) is 8.48. The number of anilines is 2. The topological polar surface area (TPSA) is 58.6 Å². The highest BCUT2D eigenvalue weighted by atomic mass is 35.5. The number of benzene rings is 2. The number of nitrogens with one attached hydrogen (secondary N) is 1. The lowest BCUT2D eigenvalue weighted by Crippen LogP contribution is -2.54. The highest BCUT2D eigenvalue weighted by Gasteiger charge is 2.38. The van der Waals surface area contributed by atoms with Crippen LogP contribution in [0.15, 0.2) is 54.6 Å². The van der Waals surface area contributed by atoms with Crippen LogP contribution in [0, 0.1) is 0 Å². The first-order valence-corrected chi connectivity index (χ1v) is 9.54. The van der Waals surface area contributed by atoms with Gasteiger partial charge in [-0.2, -0.15) is 0 Å². The van der Waals surface area contributed by atoms with E-state index < -0.39 is 11.5 Å². The molecule has 1 N–H and O–H groups in total. The molecule has 1 aliphatic heterocycles. The van der Waals surface area contributed by atoms with Gasteiger partial charge in [0.2, 0.25) is 0 Å². The number of esters is 1. The zero-order valence-electron chi connectivity index (χ0n) is 15.9. The van der Waals surface area contributed by atoms with Crippen LogP contribution in [0.1, 0.15) is 25.8 Å². The number of para-hydroxylation sites is 2. The highest BCUT2D eigenvalue weighted by molar-refractivity contribution is 6.30. The molecular weight excluding hydrogens is 376 g/mol. The number of halogens is 1. The van der Waals surface area contributed by atoms with Crippen LogP contribution in [-0.4, -0.2) is 30.6 Å². The number of hydrogen-bond acceptors (Lipinski definition) is 4. The molecule has 0 unspecified atom stereocenters. The van der Waals surface area contributed by atoms with E-state index >= 15 is 0 Å². The van der Waals surface area contributed by atoms with Crippen molar-refractivity contribution in [3.05, 3.63) is 65.2 Å². The smallest absolute Gasteiger partial charge is 0.330 e. The molecule has 0 radical (unpaired) electrons. The molecule has 3 rings (SSSR count). The van der Waals surface area contributed by atoms with Crippen molar-refractivity contribution in [2.24, 2.45) is 0 Å². The molecule has 6 heteroatoms. The predicted molar refractivity (Wildman–Crippen MR) is 113 cm³/mol. The number of ether oxygens (including phenoxy) is 1. The van der Waals surface area contributed by atoms with Gasteiger partial charge in [0.05, 0.1) is 18.0 Å². The van der Waals surface area contributed by atoms with Gasteiger partial charge < -0.3 is 15.0 Å². The summed E-state index contributed by atoms with van der Waals surface area (Å²) in [6.45, 7) is 4.44. The Labute approximate surface area is 169 Å². The molecule has 1 amide bonds. The van der Waals surface area contributed by atoms with Gasteiger partial charge in [-0.3, -0.25) is 4.79 Å². The van der Waals surface area contributed by atoms with E-state index in [9.17, 15) is 9.59 Å². The lowest BCUT2D eigenvalue weighted by molar-refractivity contribution is -0.137. The van der Waals surface area contributed by atoms with Crippen molar-refractivity contribution in [3.8, 4) is 0 Å². The molecule has 2 aromatic carbocycles. The first-order valence-electron chi connectivity index (χ1n) is 9.16. The third kappa shape index (κ3) is 4.73. The molecule has 1 aliphatic rings. The maximum atomic E-state index is 12.8. The summed E-state index contributed by atoms with van der Waals surface area (Å²) in [5.41, 5.74) is 1.97. The molecule has 146 valence electrons. The van der Waals surface area contributed by atoms with E-state index in [1.165, 1.54) is 6.08 Å². The minimum absolute atomic E-state index is 0.000149. The van der Waals surface area contributed by atoms with Gasteiger partial charge in [-0.25, -0.2) is 4.79 Å². The summed E-state index contributed by atoms with van der Waals surface area (Å²) < 4.78 is 5.25. The lowest BCUT2D eigenvalue weighted by Gasteiger charge is -2.39. The normalized spacial score (nSPS) is 15.2. The number of carbonyl (C=O) groups is 2. The van der Waals surface area contributed by atoms with Gasteiger partial charge in [0.15, 0.2) is 0 Å². The van der Waals surface area contributed by atoms with Crippen LogP contribution in [0.2, 0.25) is 5.02 Å². The fourth-order valence-electron chi connectivity index (χ4n) is 3.06. The Morgan fingerprint density at radius 2 is 1.89 bits per heavy atom. The molecule has 0 spiro atoms. The summed E-state index contributed by atoms with van der Waals surface area (Å²) in [7, 11) is 0. The van der Waals surface area contributed by atoms with Gasteiger partial charge in [-0.1, -0.05) is 35.9 Å². The summed E-state index contributed by atoms with van der Waals surface area (Å²) in [5.74, 6) is -0.414. The number of rotatable bonds is 6. The quantitative estimate of drug-likeness (QED) is 0.441. The van der Waals surface area contributed by atoms with Gasteiger partial charge in [0.25, 0.3) is 5.91 Å². The van der Waals surface area contributed by atoms with E-state index in [-0.39, 0.29) is 12.5 Å². The molecule has 28 heavy (non-hydrogen) atoms. The largest absolute Gasteiger partial charge is 0.462 e. The average molecular weight is 399 g/mol. The SMILES string of the molecule is CC1(C)Nc2ccccc2N(CCCOC(=O)/C=C/c2ccc(Cl)cc2)C1=O. The zero-order chi connectivity index (χ0) is 20.1. The van der Waals surface area contributed by atoms with Crippen LogP contribution in [0.5, 0.6) is 0 Å². The Kier molecular flexibility index (Phi) is 6.05. The van der Waals surface area contributed by atoms with Crippen LogP contribution in [-0.2, 0) is 14.3 Å². The highest BCUT2D eigenvalue weighted by Crippen LogP contribution is 2.34. The summed E-state index contributed by atoms with van der Waals surface area (Å²) in [4.78, 5) is 26.4. The Morgan fingerprint density at radius 1 is 1.18 bits per heavy atom. The van der Waals surface area contributed by atoms with Gasteiger partial charge in [0, 0.05) is 17.6 Å². The van der Waals surface area contributed by atoms with Crippen molar-refractivity contribution in [1.82, 2.24) is 0 Å². The molecule has 0 aromatic heterocycles. The Morgan fingerprint density at radius 3 is 2.64 bits per heavy atom. The molecular formula is C22H23ClN2O3. The number of nitrogens with zero attached hydrogens (tertiary/aromatic N) is 1. The van der Waals surface area contributed by atoms with Crippen molar-refractivity contribution >= 4 is 40.9 Å². The standard InChI is InChI=1S/C22H23ClN2O3/c1-22(2)21(27)25(19-7-4-3-6-18(19)24-22)14-5-15-28-20(26)13-10-16-8-11-17(23)12-9-16/h3-4,6-13,24H,5,14-15H2,1-2H3/b13-10+. The molecule has 0 saturated heterocycles. The van der Waals surface area contributed by atoms with Crippen molar-refractivity contribution in [3.63, 3.8) is 0 Å². The Balaban J connectivity index is 1.52. The molecule has 1 heterocycles. The third-order valence-corrected chi connectivity index (χ3v) is 4.73. The van der Waals surface area contributed by atoms with Crippen LogP contribution >= 0.6 is 11.6 Å². The Hall–Kier alpha value is -2.79. The minimum Gasteiger partial charge on any atom is -0.462 e. The van der Waals surface area contributed by atoms with Crippen LogP contribution in [0.25, 0.3) is 6.08 Å². The fraction of sp³-hybridized carbons (Fsp3) is 0.273. The van der Waals surface area contributed by atoms with Crippen molar-refractivity contribution in [1.29, 1.82) is 0 Å². The second-order valence-corrected chi connectivity index (χ2v) is 7.57. The predicted octanol–water partition coefficient (Wildman–Crippen LogP) is 4.52. The number of amides is 1. The zero-order valence-corrected chi connectivity index (χ0v) is 16.7. The van der Waals surface area contributed by atoms with Crippen molar-refractivity contribution < 1.29 is 14.3 Å². The van der Waals surface area contributed by atoms with Gasteiger partial charge in [-0.15, -0.1) is 0 Å². The fourth-order valence-corrected chi connectivity index (χ4v) is 3.18. The molecule has 2 aromatic rings. The van der Waals surface area contributed by atoms with Gasteiger partial charge >= 0.3 is 5.97 Å². The van der Waals surface area contributed by atoms with Crippen LogP contribution in [0.3, 0.4) is 0 Å². The van der Waals surface area contributed by atoms with E-state index in [1.54, 1.807) is 23.1 Å². The second-order valence-electron chi connectivity index (χ2n) is 7.13. The minimum atomic E-state index is -0.674. The number of fused-ring (bicyclic) bond motifs is 1. The Bertz CT molecular complexity index is 891. The molecule has 0 bridgehead atoms. The van der Waals surface area contributed by atoms with Crippen molar-refractivity contribution in [2.45, 2.75) is 25.8 Å². The summed E-state index contributed by atoms with van der Waals surface area (Å²) in [5, 5.41) is 3.91. The maximum Gasteiger partial charge on any atom is 0.330 e. The number of carbonyl (C=O) groups excluding carboxylic acids is 2.